The number of carbonyl (C=O) groups is 2. The molecule has 1 aliphatic carbocycles. The Labute approximate surface area is 363 Å². The zero-order valence-corrected chi connectivity index (χ0v) is 35.6. The molecule has 6 rings (SSSR count). The number of phenols is 1. The van der Waals surface area contributed by atoms with Gasteiger partial charge in [-0.1, -0.05) is 29.4 Å². The van der Waals surface area contributed by atoms with Crippen molar-refractivity contribution in [1.82, 2.24) is 20.8 Å². The first kappa shape index (κ1) is 45.5. The standard InChI is InChI=1S/C44H47N5O11S2/c1-62(54,55)44-49-48-42(60-44)31-6-4-29(5-7-31)26-33(50)14-17-40(53)45-18-2-20-56-22-24-58-25-23-57-21-3-19-46-43(61)47-32-10-8-30(9-11-32)41-36-15-12-34(51)27-38(36)59-39-28-35(52)13-16-37(39)41/h4-13,15-16,27-28,51H,2-3,14,17-26H2,1H3,(H,45,53)(H2,46,47,61). The molecule has 4 N–H and O–H groups in total. The first-order valence-corrected chi connectivity index (χ1v) is 22.2. The monoisotopic (exact) mass is 885 g/mol. The van der Waals surface area contributed by atoms with Crippen molar-refractivity contribution in [2.45, 2.75) is 37.3 Å². The number of carbonyl (C=O) groups excluding carboxylic acids is 2. The number of fused-ring (bicyclic) bond motifs is 2. The average molecular weight is 886 g/mol. The lowest BCUT2D eigenvalue weighted by atomic mass is 9.93. The van der Waals surface area contributed by atoms with Crippen molar-refractivity contribution < 1.29 is 46.2 Å². The summed E-state index contributed by atoms with van der Waals surface area (Å²) in [4.78, 5) is 36.6. The molecule has 0 spiro atoms. The number of Topliss-reactive ketones (excluding diaryl/α,β-unsaturated/α-hetero) is 1. The van der Waals surface area contributed by atoms with E-state index in [1.54, 1.807) is 42.5 Å². The van der Waals surface area contributed by atoms with Crippen LogP contribution in [0.2, 0.25) is 0 Å². The summed E-state index contributed by atoms with van der Waals surface area (Å²) in [5, 5.41) is 27.3. The van der Waals surface area contributed by atoms with Crippen LogP contribution in [-0.2, 0) is 40.1 Å². The Morgan fingerprint density at radius 1 is 0.758 bits per heavy atom. The minimum absolute atomic E-state index is 0.0641. The van der Waals surface area contributed by atoms with Crippen LogP contribution in [-0.4, -0.2) is 99.5 Å². The van der Waals surface area contributed by atoms with Crippen molar-refractivity contribution >= 4 is 55.5 Å². The van der Waals surface area contributed by atoms with Crippen LogP contribution >= 0.6 is 12.2 Å². The maximum Gasteiger partial charge on any atom is 0.335 e. The van der Waals surface area contributed by atoms with E-state index in [0.29, 0.717) is 81.2 Å². The maximum absolute atomic E-state index is 12.4. The number of nitrogens with one attached hydrogen (secondary N) is 3. The summed E-state index contributed by atoms with van der Waals surface area (Å²) in [5.41, 5.74) is 5.00. The smallest absolute Gasteiger partial charge is 0.335 e. The van der Waals surface area contributed by atoms with E-state index in [1.807, 2.05) is 24.3 Å². The normalized spacial score (nSPS) is 11.5. The molecule has 1 amide bonds. The summed E-state index contributed by atoms with van der Waals surface area (Å²) in [7, 11) is -3.61. The van der Waals surface area contributed by atoms with Crippen LogP contribution in [0.15, 0.2) is 104 Å². The Bertz CT molecular complexity index is 2600. The molecule has 62 heavy (non-hydrogen) atoms. The number of thiocarbonyl (C=S) groups is 1. The second-order valence-corrected chi connectivity index (χ2v) is 16.5. The number of anilines is 1. The minimum atomic E-state index is -3.61. The number of ether oxygens (including phenoxy) is 3. The van der Waals surface area contributed by atoms with Crippen molar-refractivity contribution in [3.8, 4) is 39.7 Å². The molecule has 1 aliphatic heterocycles. The predicted molar refractivity (Wildman–Crippen MR) is 236 cm³/mol. The van der Waals surface area contributed by atoms with E-state index >= 15 is 0 Å². The lowest BCUT2D eigenvalue weighted by Gasteiger charge is -2.16. The van der Waals surface area contributed by atoms with Crippen molar-refractivity contribution in [3.05, 3.63) is 101 Å². The van der Waals surface area contributed by atoms with Crippen LogP contribution in [0, 0.1) is 0 Å². The van der Waals surface area contributed by atoms with Gasteiger partial charge in [-0.2, -0.15) is 0 Å². The molecule has 0 fully saturated rings. The van der Waals surface area contributed by atoms with Crippen LogP contribution in [0.5, 0.6) is 5.75 Å². The van der Waals surface area contributed by atoms with E-state index < -0.39 is 15.1 Å². The van der Waals surface area contributed by atoms with E-state index in [4.69, 9.17) is 35.3 Å². The van der Waals surface area contributed by atoms with Gasteiger partial charge in [0, 0.05) is 91.7 Å². The number of benzene rings is 4. The number of nitrogens with zero attached hydrogens (tertiary/aromatic N) is 2. The Morgan fingerprint density at radius 3 is 2.10 bits per heavy atom. The zero-order valence-electron chi connectivity index (χ0n) is 34.0. The number of aromatic nitrogens is 2. The van der Waals surface area contributed by atoms with Gasteiger partial charge < -0.3 is 44.1 Å². The number of aromatic hydroxyl groups is 1. The van der Waals surface area contributed by atoms with E-state index in [9.17, 15) is 27.9 Å². The van der Waals surface area contributed by atoms with Crippen LogP contribution in [0.4, 0.5) is 5.69 Å². The van der Waals surface area contributed by atoms with Crippen molar-refractivity contribution in [1.29, 1.82) is 0 Å². The van der Waals surface area contributed by atoms with Crippen LogP contribution in [0.25, 0.3) is 44.9 Å². The summed E-state index contributed by atoms with van der Waals surface area (Å²) in [6.07, 6.45) is 2.71. The summed E-state index contributed by atoms with van der Waals surface area (Å²) >= 11 is 5.47. The summed E-state index contributed by atoms with van der Waals surface area (Å²) < 4.78 is 51.0. The quantitative estimate of drug-likeness (QED) is 0.0352. The van der Waals surface area contributed by atoms with Gasteiger partial charge >= 0.3 is 5.22 Å². The Balaban J connectivity index is 0.745. The van der Waals surface area contributed by atoms with Gasteiger partial charge in [0.1, 0.15) is 22.9 Å². The second-order valence-electron chi connectivity index (χ2n) is 14.2. The van der Waals surface area contributed by atoms with E-state index in [0.717, 1.165) is 46.0 Å². The molecule has 0 unspecified atom stereocenters. The third kappa shape index (κ3) is 13.5. The van der Waals surface area contributed by atoms with Gasteiger partial charge in [-0.25, -0.2) is 8.42 Å². The number of sulfone groups is 1. The number of hydrogen-bond donors (Lipinski definition) is 4. The topological polar surface area (TPSA) is 221 Å². The molecule has 0 bridgehead atoms. The summed E-state index contributed by atoms with van der Waals surface area (Å²) in [5.74, 6) is 0.295. The number of phenolic OH excluding ortho intramolecular Hbond substituents is 1. The van der Waals surface area contributed by atoms with E-state index in [-0.39, 0.29) is 48.0 Å². The molecule has 1 aromatic heterocycles. The molecule has 0 atom stereocenters. The summed E-state index contributed by atoms with van der Waals surface area (Å²) in [6, 6.07) is 24.2. The minimum Gasteiger partial charge on any atom is -0.508 e. The SMILES string of the molecule is CS(=O)(=O)c1nnc(-c2ccc(CC(=O)CCC(=O)NCCCOCCOCCOCCCNC(=S)Nc3ccc(-c4c5ccc(=O)cc-5oc5cc(O)ccc45)cc3)cc2)o1. The number of ketones is 1. The van der Waals surface area contributed by atoms with Gasteiger partial charge in [0.05, 0.1) is 26.4 Å². The van der Waals surface area contributed by atoms with Crippen molar-refractivity contribution in [2.24, 2.45) is 0 Å². The first-order chi connectivity index (χ1) is 29.9. The highest BCUT2D eigenvalue weighted by atomic mass is 32.2. The fourth-order valence-corrected chi connectivity index (χ4v) is 6.92. The molecule has 18 heteroatoms. The number of rotatable bonds is 23. The summed E-state index contributed by atoms with van der Waals surface area (Å²) in [6.45, 7) is 3.78. The first-order valence-electron chi connectivity index (χ1n) is 19.9. The molecule has 3 aromatic carbocycles. The lowest BCUT2D eigenvalue weighted by Crippen LogP contribution is -2.29. The van der Waals surface area contributed by atoms with Gasteiger partial charge in [0.15, 0.2) is 10.5 Å². The Morgan fingerprint density at radius 2 is 1.42 bits per heavy atom. The number of hydrogen-bond acceptors (Lipinski definition) is 14. The molecule has 2 heterocycles. The van der Waals surface area contributed by atoms with Gasteiger partial charge in [0.2, 0.25) is 21.6 Å². The molecule has 2 aliphatic rings. The van der Waals surface area contributed by atoms with Crippen molar-refractivity contribution in [3.63, 3.8) is 0 Å². The number of amides is 1. The van der Waals surface area contributed by atoms with Crippen LogP contribution < -0.4 is 21.4 Å². The average Bonchev–Trinajstić information content (AvgIpc) is 3.76. The van der Waals surface area contributed by atoms with Crippen LogP contribution in [0.3, 0.4) is 0 Å². The molecule has 0 saturated carbocycles. The van der Waals surface area contributed by atoms with Crippen LogP contribution in [0.1, 0.15) is 31.2 Å². The highest BCUT2D eigenvalue weighted by molar-refractivity contribution is 7.90. The van der Waals surface area contributed by atoms with Crippen molar-refractivity contribution in [2.75, 3.05) is 64.3 Å². The second kappa shape index (κ2) is 22.2. The highest BCUT2D eigenvalue weighted by Gasteiger charge is 2.19. The molecule has 0 radical (unpaired) electrons. The molecule has 326 valence electrons. The molecule has 16 nitrogen and oxygen atoms in total. The molecule has 0 saturated heterocycles. The predicted octanol–water partition coefficient (Wildman–Crippen LogP) is 5.55. The molecular formula is C44H47N5O11S2. The fraction of sp³-hybridized carbons (Fsp3) is 0.318. The fourth-order valence-electron chi connectivity index (χ4n) is 6.28. The maximum atomic E-state index is 12.4. The Kier molecular flexibility index (Phi) is 16.3. The lowest BCUT2D eigenvalue weighted by molar-refractivity contribution is -0.125. The van der Waals surface area contributed by atoms with E-state index in [2.05, 4.69) is 26.1 Å². The van der Waals surface area contributed by atoms with Gasteiger partial charge in [-0.05, 0) is 84.7 Å². The third-order valence-corrected chi connectivity index (χ3v) is 10.4. The van der Waals surface area contributed by atoms with Gasteiger partial charge in [0.25, 0.3) is 0 Å². The zero-order chi connectivity index (χ0) is 43.9. The molecular weight excluding hydrogens is 839 g/mol. The highest BCUT2D eigenvalue weighted by Crippen LogP contribution is 2.40. The van der Waals surface area contributed by atoms with E-state index in [1.165, 1.54) is 18.2 Å². The molecule has 4 aromatic rings. The largest absolute Gasteiger partial charge is 0.508 e. The Hall–Kier alpha value is -6.05. The van der Waals surface area contributed by atoms with Gasteiger partial charge in [-0.15, -0.1) is 5.10 Å². The third-order valence-electron chi connectivity index (χ3n) is 9.35. The van der Waals surface area contributed by atoms with Gasteiger partial charge in [-0.3, -0.25) is 14.4 Å².